The van der Waals surface area contributed by atoms with E-state index in [1.165, 1.54) is 16.6 Å². The summed E-state index contributed by atoms with van der Waals surface area (Å²) in [6.45, 7) is 0.969. The number of aromatic amines is 1. The number of amides is 1. The smallest absolute Gasteiger partial charge is 0.272 e. The van der Waals surface area contributed by atoms with E-state index in [0.29, 0.717) is 18.8 Å². The summed E-state index contributed by atoms with van der Waals surface area (Å²) in [6.07, 6.45) is 3.14. The summed E-state index contributed by atoms with van der Waals surface area (Å²) >= 11 is 1.74. The number of anilines is 1. The Morgan fingerprint density at radius 2 is 1.81 bits per heavy atom. The quantitative estimate of drug-likeness (QED) is 0.469. The molecule has 0 aliphatic carbocycles. The highest BCUT2D eigenvalue weighted by Gasteiger charge is 2.27. The number of para-hydroxylation sites is 2. The molecule has 2 aromatic carbocycles. The Kier molecular flexibility index (Phi) is 5.50. The van der Waals surface area contributed by atoms with Crippen molar-refractivity contribution < 1.29 is 13.2 Å². The van der Waals surface area contributed by atoms with Crippen LogP contribution < -0.4 is 5.32 Å². The Balaban J connectivity index is 1.30. The first-order valence-corrected chi connectivity index (χ1v) is 12.7. The fourth-order valence-corrected chi connectivity index (χ4v) is 6.23. The van der Waals surface area contributed by atoms with E-state index in [1.807, 2.05) is 41.0 Å². The molecule has 0 bridgehead atoms. The number of hydrogen-bond donors (Lipinski definition) is 2. The number of fused-ring (bicyclic) bond motifs is 1. The van der Waals surface area contributed by atoms with Crippen molar-refractivity contribution in [3.8, 4) is 5.69 Å². The van der Waals surface area contributed by atoms with Crippen molar-refractivity contribution in [2.45, 2.75) is 4.90 Å². The average molecular weight is 468 g/mol. The minimum absolute atomic E-state index is 0.108. The summed E-state index contributed by atoms with van der Waals surface area (Å²) in [5, 5.41) is 2.81. The molecule has 1 aliphatic rings. The third-order valence-corrected chi connectivity index (χ3v) is 8.18. The summed E-state index contributed by atoms with van der Waals surface area (Å²) < 4.78 is 29.0. The van der Waals surface area contributed by atoms with E-state index in [1.54, 1.807) is 30.2 Å². The third kappa shape index (κ3) is 3.92. The molecule has 8 nitrogen and oxygen atoms in total. The molecule has 1 aliphatic heterocycles. The SMILES string of the molecule is O=C(Nc1ccc(-n2cnc3ccccc32)cc1)c1cc(S(=O)(=O)N2CCSCC2)c[nH]1. The first-order valence-electron chi connectivity index (χ1n) is 10.1. The second kappa shape index (κ2) is 8.45. The van der Waals surface area contributed by atoms with Gasteiger partial charge in [-0.25, -0.2) is 13.4 Å². The van der Waals surface area contributed by atoms with Gasteiger partial charge in [-0.1, -0.05) is 12.1 Å². The molecule has 0 saturated carbocycles. The van der Waals surface area contributed by atoms with Crippen LogP contribution in [0.25, 0.3) is 16.7 Å². The number of sulfonamides is 1. The van der Waals surface area contributed by atoms with Crippen LogP contribution in [0.4, 0.5) is 5.69 Å². The van der Waals surface area contributed by atoms with Crippen molar-refractivity contribution in [2.75, 3.05) is 29.9 Å². The van der Waals surface area contributed by atoms with Crippen LogP contribution in [0.15, 0.2) is 72.0 Å². The normalized spacial score (nSPS) is 15.1. The van der Waals surface area contributed by atoms with E-state index in [-0.39, 0.29) is 10.6 Å². The third-order valence-electron chi connectivity index (χ3n) is 5.37. The molecule has 3 heterocycles. The molecule has 4 aromatic rings. The highest BCUT2D eigenvalue weighted by atomic mass is 32.2. The molecule has 2 aromatic heterocycles. The number of hydrogen-bond acceptors (Lipinski definition) is 5. The maximum atomic E-state index is 12.8. The highest BCUT2D eigenvalue weighted by Crippen LogP contribution is 2.22. The van der Waals surface area contributed by atoms with Crippen molar-refractivity contribution in [1.29, 1.82) is 0 Å². The Morgan fingerprint density at radius 1 is 1.06 bits per heavy atom. The standard InChI is InChI=1S/C22H21N5O3S2/c28-22(20-13-18(14-23-20)32(29,30)26-9-11-31-12-10-26)25-16-5-7-17(8-6-16)27-15-24-19-3-1-2-4-21(19)27/h1-8,13-15,23H,9-12H2,(H,25,28). The van der Waals surface area contributed by atoms with Gasteiger partial charge in [0.25, 0.3) is 5.91 Å². The van der Waals surface area contributed by atoms with Crippen molar-refractivity contribution in [2.24, 2.45) is 0 Å². The van der Waals surface area contributed by atoms with Gasteiger partial charge in [0.1, 0.15) is 16.9 Å². The lowest BCUT2D eigenvalue weighted by molar-refractivity contribution is 0.102. The lowest BCUT2D eigenvalue weighted by Crippen LogP contribution is -2.37. The summed E-state index contributed by atoms with van der Waals surface area (Å²) in [5.74, 6) is 1.16. The summed E-state index contributed by atoms with van der Waals surface area (Å²) in [5.41, 5.74) is 3.63. The van der Waals surface area contributed by atoms with Gasteiger partial charge < -0.3 is 10.3 Å². The van der Waals surface area contributed by atoms with Crippen LogP contribution in [-0.4, -0.2) is 57.8 Å². The molecule has 0 spiro atoms. The fourth-order valence-electron chi connectivity index (χ4n) is 3.66. The zero-order chi connectivity index (χ0) is 22.1. The summed E-state index contributed by atoms with van der Waals surface area (Å²) in [6, 6.07) is 16.6. The van der Waals surface area contributed by atoms with Gasteiger partial charge >= 0.3 is 0 Å². The van der Waals surface area contributed by atoms with Crippen molar-refractivity contribution in [1.82, 2.24) is 18.8 Å². The molecule has 2 N–H and O–H groups in total. The average Bonchev–Trinajstić information content (AvgIpc) is 3.49. The largest absolute Gasteiger partial charge is 0.356 e. The lowest BCUT2D eigenvalue weighted by Gasteiger charge is -2.24. The van der Waals surface area contributed by atoms with E-state index in [4.69, 9.17) is 0 Å². The highest BCUT2D eigenvalue weighted by molar-refractivity contribution is 7.99. The van der Waals surface area contributed by atoms with E-state index in [9.17, 15) is 13.2 Å². The minimum Gasteiger partial charge on any atom is -0.356 e. The minimum atomic E-state index is -3.60. The maximum absolute atomic E-state index is 12.8. The lowest BCUT2D eigenvalue weighted by atomic mass is 10.2. The number of carbonyl (C=O) groups excluding carboxylic acids is 1. The Bertz CT molecular complexity index is 1370. The van der Waals surface area contributed by atoms with Gasteiger partial charge in [0.2, 0.25) is 10.0 Å². The van der Waals surface area contributed by atoms with Gasteiger partial charge in [-0.05, 0) is 42.5 Å². The number of benzene rings is 2. The number of carbonyl (C=O) groups is 1. The summed E-state index contributed by atoms with van der Waals surface area (Å²) in [4.78, 5) is 19.9. The van der Waals surface area contributed by atoms with E-state index < -0.39 is 15.9 Å². The predicted octanol–water partition coefficient (Wildman–Crippen LogP) is 3.34. The van der Waals surface area contributed by atoms with Crippen LogP contribution in [0.2, 0.25) is 0 Å². The molecule has 164 valence electrons. The molecule has 5 rings (SSSR count). The van der Waals surface area contributed by atoms with Crippen molar-refractivity contribution in [3.05, 3.63) is 72.8 Å². The number of imidazole rings is 1. The Labute approximate surface area is 189 Å². The molecule has 1 saturated heterocycles. The second-order valence-corrected chi connectivity index (χ2v) is 10.5. The van der Waals surface area contributed by atoms with Gasteiger partial charge in [0, 0.05) is 42.2 Å². The first kappa shape index (κ1) is 20.8. The number of nitrogens with zero attached hydrogens (tertiary/aromatic N) is 3. The molecule has 1 amide bonds. The second-order valence-electron chi connectivity index (χ2n) is 7.37. The van der Waals surface area contributed by atoms with Gasteiger partial charge in [0.15, 0.2) is 0 Å². The molecule has 0 atom stereocenters. The van der Waals surface area contributed by atoms with E-state index >= 15 is 0 Å². The molecule has 1 fully saturated rings. The number of rotatable bonds is 5. The molecule has 0 unspecified atom stereocenters. The predicted molar refractivity (Wildman–Crippen MR) is 126 cm³/mol. The zero-order valence-corrected chi connectivity index (χ0v) is 18.7. The van der Waals surface area contributed by atoms with Crippen LogP contribution in [0, 0.1) is 0 Å². The van der Waals surface area contributed by atoms with Crippen LogP contribution in [0.5, 0.6) is 0 Å². The number of H-pyrrole nitrogens is 1. The maximum Gasteiger partial charge on any atom is 0.272 e. The van der Waals surface area contributed by atoms with Crippen LogP contribution >= 0.6 is 11.8 Å². The van der Waals surface area contributed by atoms with Gasteiger partial charge in [0.05, 0.1) is 11.0 Å². The number of aromatic nitrogens is 3. The van der Waals surface area contributed by atoms with Gasteiger partial charge in [-0.2, -0.15) is 16.1 Å². The number of nitrogens with one attached hydrogen (secondary N) is 2. The fraction of sp³-hybridized carbons (Fsp3) is 0.182. The van der Waals surface area contributed by atoms with Crippen molar-refractivity contribution >= 4 is 44.4 Å². The first-order chi connectivity index (χ1) is 15.5. The summed E-state index contributed by atoms with van der Waals surface area (Å²) in [7, 11) is -3.60. The monoisotopic (exact) mass is 467 g/mol. The topological polar surface area (TPSA) is 100 Å². The molecule has 32 heavy (non-hydrogen) atoms. The molecule has 10 heteroatoms. The van der Waals surface area contributed by atoms with Crippen LogP contribution in [-0.2, 0) is 10.0 Å². The Hall–Kier alpha value is -3.08. The number of thioether (sulfide) groups is 1. The molecular formula is C22H21N5O3S2. The van der Waals surface area contributed by atoms with Crippen molar-refractivity contribution in [3.63, 3.8) is 0 Å². The van der Waals surface area contributed by atoms with Gasteiger partial charge in [-0.15, -0.1) is 0 Å². The molecular weight excluding hydrogens is 446 g/mol. The molecule has 0 radical (unpaired) electrons. The van der Waals surface area contributed by atoms with E-state index in [2.05, 4.69) is 15.3 Å². The Morgan fingerprint density at radius 3 is 2.59 bits per heavy atom. The zero-order valence-electron chi connectivity index (χ0n) is 17.1. The van der Waals surface area contributed by atoms with E-state index in [0.717, 1.165) is 28.2 Å². The van der Waals surface area contributed by atoms with Crippen LogP contribution in [0.3, 0.4) is 0 Å². The van der Waals surface area contributed by atoms with Crippen LogP contribution in [0.1, 0.15) is 10.5 Å². The van der Waals surface area contributed by atoms with Gasteiger partial charge in [-0.3, -0.25) is 9.36 Å².